The number of hydrogen-bond donors (Lipinski definition) is 1. The van der Waals surface area contributed by atoms with Crippen molar-refractivity contribution in [3.63, 3.8) is 0 Å². The van der Waals surface area contributed by atoms with Gasteiger partial charge in [0, 0.05) is 33.1 Å². The molecule has 0 aromatic carbocycles. The van der Waals surface area contributed by atoms with Gasteiger partial charge in [-0.05, 0) is 13.8 Å². The number of carbonyl (C=O) groups excluding carboxylic acids is 2. The second-order valence-electron chi connectivity index (χ2n) is 4.42. The summed E-state index contributed by atoms with van der Waals surface area (Å²) in [4.78, 5) is 26.1. The Labute approximate surface area is 90.2 Å². The first-order chi connectivity index (χ1) is 6.85. The van der Waals surface area contributed by atoms with Crippen LogP contribution in [0.5, 0.6) is 0 Å². The molecule has 1 saturated heterocycles. The van der Waals surface area contributed by atoms with Crippen molar-refractivity contribution >= 4 is 11.8 Å². The summed E-state index contributed by atoms with van der Waals surface area (Å²) in [5, 5.41) is 0. The summed E-state index contributed by atoms with van der Waals surface area (Å²) in [6.07, 6.45) is 0. The fourth-order valence-corrected chi connectivity index (χ4v) is 1.74. The zero-order valence-corrected chi connectivity index (χ0v) is 9.62. The molecule has 0 bridgehead atoms. The van der Waals surface area contributed by atoms with Gasteiger partial charge >= 0.3 is 0 Å². The first-order valence-corrected chi connectivity index (χ1v) is 5.16. The van der Waals surface area contributed by atoms with Crippen molar-refractivity contribution in [2.24, 2.45) is 5.73 Å². The minimum Gasteiger partial charge on any atom is -0.368 e. The molecule has 0 unspecified atom stereocenters. The quantitative estimate of drug-likeness (QED) is 0.667. The average Bonchev–Trinajstić information content (AvgIpc) is 2.17. The van der Waals surface area contributed by atoms with Crippen molar-refractivity contribution in [3.05, 3.63) is 0 Å². The van der Waals surface area contributed by atoms with E-state index in [9.17, 15) is 9.59 Å². The first kappa shape index (κ1) is 12.0. The number of carbonyl (C=O) groups is 2. The van der Waals surface area contributed by atoms with Gasteiger partial charge in [0.15, 0.2) is 0 Å². The van der Waals surface area contributed by atoms with Gasteiger partial charge in [-0.25, -0.2) is 0 Å². The molecule has 5 heteroatoms. The Bertz CT molecular complexity index is 268. The van der Waals surface area contributed by atoms with Crippen LogP contribution in [-0.4, -0.2) is 53.3 Å². The van der Waals surface area contributed by atoms with Crippen molar-refractivity contribution in [3.8, 4) is 0 Å². The van der Waals surface area contributed by atoms with E-state index >= 15 is 0 Å². The average molecular weight is 213 g/mol. The lowest BCUT2D eigenvalue weighted by molar-refractivity contribution is -0.134. The molecule has 2 N–H and O–H groups in total. The van der Waals surface area contributed by atoms with Crippen LogP contribution in [0.3, 0.4) is 0 Å². The normalized spacial score (nSPS) is 19.0. The molecular formula is C10H19N3O2. The van der Waals surface area contributed by atoms with E-state index in [1.165, 1.54) is 0 Å². The van der Waals surface area contributed by atoms with E-state index in [-0.39, 0.29) is 11.8 Å². The Morgan fingerprint density at radius 3 is 1.93 bits per heavy atom. The van der Waals surface area contributed by atoms with Gasteiger partial charge in [0.1, 0.15) is 0 Å². The zero-order valence-electron chi connectivity index (χ0n) is 9.62. The summed E-state index contributed by atoms with van der Waals surface area (Å²) in [5.41, 5.74) is 4.71. The summed E-state index contributed by atoms with van der Waals surface area (Å²) < 4.78 is 0. The third-order valence-corrected chi connectivity index (χ3v) is 3.12. The Balaban J connectivity index is 2.57. The molecule has 0 aromatic rings. The SMILES string of the molecule is CC(=O)N1CCN(C(C)(C)C(N)=O)CC1. The fourth-order valence-electron chi connectivity index (χ4n) is 1.74. The lowest BCUT2D eigenvalue weighted by atomic mass is 10.0. The van der Waals surface area contributed by atoms with Crippen LogP contribution in [-0.2, 0) is 9.59 Å². The van der Waals surface area contributed by atoms with Gasteiger partial charge in [-0.1, -0.05) is 0 Å². The Kier molecular flexibility index (Phi) is 3.34. The largest absolute Gasteiger partial charge is 0.368 e. The number of hydrogen-bond acceptors (Lipinski definition) is 3. The number of nitrogens with two attached hydrogens (primary N) is 1. The molecule has 1 heterocycles. The Morgan fingerprint density at radius 2 is 1.60 bits per heavy atom. The van der Waals surface area contributed by atoms with E-state index in [0.717, 1.165) is 0 Å². The van der Waals surface area contributed by atoms with E-state index in [2.05, 4.69) is 0 Å². The van der Waals surface area contributed by atoms with Gasteiger partial charge in [-0.3, -0.25) is 14.5 Å². The molecule has 86 valence electrons. The maximum Gasteiger partial charge on any atom is 0.237 e. The second-order valence-corrected chi connectivity index (χ2v) is 4.42. The van der Waals surface area contributed by atoms with Gasteiger partial charge in [-0.15, -0.1) is 0 Å². The number of nitrogens with zero attached hydrogens (tertiary/aromatic N) is 2. The van der Waals surface area contributed by atoms with E-state index in [1.807, 2.05) is 18.7 Å². The summed E-state index contributed by atoms with van der Waals surface area (Å²) in [7, 11) is 0. The molecule has 0 atom stereocenters. The molecule has 0 radical (unpaired) electrons. The molecule has 2 amide bonds. The summed E-state index contributed by atoms with van der Waals surface area (Å²) >= 11 is 0. The molecule has 5 nitrogen and oxygen atoms in total. The smallest absolute Gasteiger partial charge is 0.237 e. The van der Waals surface area contributed by atoms with E-state index in [4.69, 9.17) is 5.73 Å². The highest BCUT2D eigenvalue weighted by atomic mass is 16.2. The number of amides is 2. The van der Waals surface area contributed by atoms with Crippen LogP contribution >= 0.6 is 0 Å². The highest BCUT2D eigenvalue weighted by Gasteiger charge is 2.34. The van der Waals surface area contributed by atoms with Gasteiger partial charge in [-0.2, -0.15) is 0 Å². The Morgan fingerprint density at radius 1 is 1.13 bits per heavy atom. The standard InChI is InChI=1S/C10H19N3O2/c1-8(14)12-4-6-13(7-5-12)10(2,3)9(11)15/h4-7H2,1-3H3,(H2,11,15). The second kappa shape index (κ2) is 4.18. The van der Waals surface area contributed by atoms with Crippen molar-refractivity contribution in [1.82, 2.24) is 9.80 Å². The van der Waals surface area contributed by atoms with Crippen LogP contribution in [0, 0.1) is 0 Å². The molecule has 0 aliphatic carbocycles. The number of primary amides is 1. The topological polar surface area (TPSA) is 66.6 Å². The lowest BCUT2D eigenvalue weighted by Gasteiger charge is -2.41. The molecule has 1 aliphatic rings. The van der Waals surface area contributed by atoms with Crippen LogP contribution in [0.25, 0.3) is 0 Å². The molecule has 0 saturated carbocycles. The minimum atomic E-state index is -0.622. The molecule has 0 spiro atoms. The highest BCUT2D eigenvalue weighted by Crippen LogP contribution is 2.16. The summed E-state index contributed by atoms with van der Waals surface area (Å²) in [5.74, 6) is -0.231. The number of piperazine rings is 1. The van der Waals surface area contributed by atoms with Gasteiger partial charge < -0.3 is 10.6 Å². The van der Waals surface area contributed by atoms with E-state index in [0.29, 0.717) is 26.2 Å². The van der Waals surface area contributed by atoms with E-state index in [1.54, 1.807) is 11.8 Å². The van der Waals surface area contributed by atoms with Crippen molar-refractivity contribution in [2.45, 2.75) is 26.3 Å². The molecule has 0 aromatic heterocycles. The monoisotopic (exact) mass is 213 g/mol. The maximum absolute atomic E-state index is 11.2. The highest BCUT2D eigenvalue weighted by molar-refractivity contribution is 5.83. The van der Waals surface area contributed by atoms with Crippen molar-refractivity contribution in [1.29, 1.82) is 0 Å². The van der Waals surface area contributed by atoms with Crippen molar-refractivity contribution in [2.75, 3.05) is 26.2 Å². The Hall–Kier alpha value is -1.10. The van der Waals surface area contributed by atoms with Crippen LogP contribution in [0.1, 0.15) is 20.8 Å². The lowest BCUT2D eigenvalue weighted by Crippen LogP contribution is -2.60. The summed E-state index contributed by atoms with van der Waals surface area (Å²) in [6.45, 7) is 7.95. The van der Waals surface area contributed by atoms with Crippen LogP contribution in [0.4, 0.5) is 0 Å². The zero-order chi connectivity index (χ0) is 11.6. The molecular weight excluding hydrogens is 194 g/mol. The van der Waals surface area contributed by atoms with Crippen LogP contribution < -0.4 is 5.73 Å². The third kappa shape index (κ3) is 2.47. The third-order valence-electron chi connectivity index (χ3n) is 3.12. The van der Waals surface area contributed by atoms with Crippen LogP contribution in [0.2, 0.25) is 0 Å². The van der Waals surface area contributed by atoms with Gasteiger partial charge in [0.05, 0.1) is 5.54 Å². The predicted molar refractivity (Wildman–Crippen MR) is 57.1 cm³/mol. The minimum absolute atomic E-state index is 0.0894. The molecule has 1 fully saturated rings. The van der Waals surface area contributed by atoms with Crippen LogP contribution in [0.15, 0.2) is 0 Å². The fraction of sp³-hybridized carbons (Fsp3) is 0.800. The summed E-state index contributed by atoms with van der Waals surface area (Å²) in [6, 6.07) is 0. The van der Waals surface area contributed by atoms with Gasteiger partial charge in [0.25, 0.3) is 0 Å². The molecule has 1 aliphatic heterocycles. The first-order valence-electron chi connectivity index (χ1n) is 5.16. The predicted octanol–water partition coefficient (Wildman–Crippen LogP) is -0.586. The number of rotatable bonds is 2. The maximum atomic E-state index is 11.2. The van der Waals surface area contributed by atoms with Gasteiger partial charge in [0.2, 0.25) is 11.8 Å². The van der Waals surface area contributed by atoms with Crippen molar-refractivity contribution < 1.29 is 9.59 Å². The van der Waals surface area contributed by atoms with E-state index < -0.39 is 5.54 Å². The molecule has 15 heavy (non-hydrogen) atoms. The molecule has 1 rings (SSSR count).